The zero-order valence-corrected chi connectivity index (χ0v) is 17.2. The number of nitrogens with zero attached hydrogens (tertiary/aromatic N) is 1. The zero-order chi connectivity index (χ0) is 20.3. The van der Waals surface area contributed by atoms with Gasteiger partial charge in [0.05, 0.1) is 0 Å². The number of amides is 6. The van der Waals surface area contributed by atoms with Crippen molar-refractivity contribution in [2.75, 3.05) is 6.54 Å². The second kappa shape index (κ2) is 8.30. The molecule has 1 unspecified atom stereocenters. The maximum Gasteiger partial charge on any atom is 0.325 e. The molecule has 1 atom stereocenters. The first-order valence-corrected chi connectivity index (χ1v) is 10.1. The van der Waals surface area contributed by atoms with Gasteiger partial charge in [0.15, 0.2) is 0 Å². The largest absolute Gasteiger partial charge is 0.335 e. The lowest BCUT2D eigenvalue weighted by Gasteiger charge is -2.23. The third kappa shape index (κ3) is 4.35. The molecule has 1 saturated heterocycles. The minimum atomic E-state index is -1.27. The Hall–Kier alpha value is -2.42. The Morgan fingerprint density at radius 2 is 1.96 bits per heavy atom. The third-order valence-electron chi connectivity index (χ3n) is 5.17. The van der Waals surface area contributed by atoms with Gasteiger partial charge in [0, 0.05) is 10.5 Å². The minimum Gasteiger partial charge on any atom is -0.335 e. The molecule has 8 nitrogen and oxygen atoms in total. The van der Waals surface area contributed by atoms with Crippen molar-refractivity contribution >= 4 is 39.8 Å². The molecule has 0 radical (unpaired) electrons. The van der Waals surface area contributed by atoms with Crippen molar-refractivity contribution in [1.29, 1.82) is 0 Å². The lowest BCUT2D eigenvalue weighted by atomic mass is 9.92. The molecule has 0 aromatic heterocycles. The van der Waals surface area contributed by atoms with Gasteiger partial charge < -0.3 is 10.6 Å². The Bertz CT molecular complexity index is 809. The summed E-state index contributed by atoms with van der Waals surface area (Å²) < 4.78 is 0.767. The van der Waals surface area contributed by atoms with Gasteiger partial charge in [0.25, 0.3) is 5.91 Å². The van der Waals surface area contributed by atoms with E-state index in [9.17, 15) is 19.2 Å². The summed E-state index contributed by atoms with van der Waals surface area (Å²) in [5, 5.41) is 7.60. The first kappa shape index (κ1) is 20.3. The van der Waals surface area contributed by atoms with Gasteiger partial charge in [0.1, 0.15) is 12.1 Å². The maximum absolute atomic E-state index is 12.8. The number of urea groups is 2. The van der Waals surface area contributed by atoms with E-state index >= 15 is 0 Å². The molecule has 3 rings (SSSR count). The average molecular weight is 451 g/mol. The van der Waals surface area contributed by atoms with Crippen molar-refractivity contribution in [3.8, 4) is 0 Å². The summed E-state index contributed by atoms with van der Waals surface area (Å²) in [5.74, 6) is -1.26. The first-order valence-electron chi connectivity index (χ1n) is 9.30. The smallest absolute Gasteiger partial charge is 0.325 e. The molecule has 3 N–H and O–H groups in total. The maximum atomic E-state index is 12.8. The number of nitrogens with one attached hydrogen (secondary N) is 3. The SMILES string of the molecule is CC1(c2cccc(Br)c2)NC(=O)N(CC(=O)NC(=O)NC2CCCCC2)C1=O. The van der Waals surface area contributed by atoms with Crippen molar-refractivity contribution in [2.45, 2.75) is 50.6 Å². The Morgan fingerprint density at radius 1 is 1.25 bits per heavy atom. The van der Waals surface area contributed by atoms with Gasteiger partial charge in [-0.05, 0) is 37.5 Å². The van der Waals surface area contributed by atoms with Crippen molar-refractivity contribution in [2.24, 2.45) is 0 Å². The van der Waals surface area contributed by atoms with E-state index in [4.69, 9.17) is 0 Å². The summed E-state index contributed by atoms with van der Waals surface area (Å²) in [4.78, 5) is 50.1. The fourth-order valence-electron chi connectivity index (χ4n) is 3.61. The summed E-state index contributed by atoms with van der Waals surface area (Å²) >= 11 is 3.35. The highest BCUT2D eigenvalue weighted by Gasteiger charge is 2.49. The van der Waals surface area contributed by atoms with E-state index in [1.165, 1.54) is 0 Å². The molecule has 1 aromatic rings. The topological polar surface area (TPSA) is 108 Å². The number of carbonyl (C=O) groups excluding carboxylic acids is 4. The van der Waals surface area contributed by atoms with Crippen LogP contribution in [0.2, 0.25) is 0 Å². The van der Waals surface area contributed by atoms with Crippen molar-refractivity contribution in [3.05, 3.63) is 34.3 Å². The van der Waals surface area contributed by atoms with Gasteiger partial charge in [-0.1, -0.05) is 47.3 Å². The van der Waals surface area contributed by atoms with E-state index in [1.807, 2.05) is 6.07 Å². The zero-order valence-electron chi connectivity index (χ0n) is 15.6. The van der Waals surface area contributed by atoms with Crippen molar-refractivity contribution in [3.63, 3.8) is 0 Å². The van der Waals surface area contributed by atoms with Gasteiger partial charge in [-0.15, -0.1) is 0 Å². The second-order valence-electron chi connectivity index (χ2n) is 7.31. The van der Waals surface area contributed by atoms with E-state index in [-0.39, 0.29) is 6.04 Å². The minimum absolute atomic E-state index is 0.0538. The van der Waals surface area contributed by atoms with Crippen LogP contribution in [0.1, 0.15) is 44.6 Å². The molecule has 9 heteroatoms. The number of rotatable bonds is 4. The number of hydrogen-bond donors (Lipinski definition) is 3. The summed E-state index contributed by atoms with van der Waals surface area (Å²) in [7, 11) is 0. The molecule has 2 aliphatic rings. The summed E-state index contributed by atoms with van der Waals surface area (Å²) in [6.45, 7) is 1.06. The Kier molecular flexibility index (Phi) is 6.02. The fraction of sp³-hybridized carbons (Fsp3) is 0.474. The van der Waals surface area contributed by atoms with Crippen LogP contribution in [0.15, 0.2) is 28.7 Å². The van der Waals surface area contributed by atoms with E-state index < -0.39 is 36.0 Å². The van der Waals surface area contributed by atoms with Crippen LogP contribution in [0.4, 0.5) is 9.59 Å². The molecule has 1 aromatic carbocycles. The average Bonchev–Trinajstić information content (AvgIpc) is 2.86. The Morgan fingerprint density at radius 3 is 2.64 bits per heavy atom. The fourth-order valence-corrected chi connectivity index (χ4v) is 4.01. The predicted octanol–water partition coefficient (Wildman–Crippen LogP) is 2.37. The van der Waals surface area contributed by atoms with Crippen LogP contribution in [0, 0.1) is 0 Å². The van der Waals surface area contributed by atoms with Crippen LogP contribution in [-0.4, -0.2) is 41.4 Å². The molecule has 2 fully saturated rings. The van der Waals surface area contributed by atoms with Gasteiger partial charge >= 0.3 is 12.1 Å². The molecule has 0 spiro atoms. The van der Waals surface area contributed by atoms with E-state index in [0.29, 0.717) is 5.56 Å². The quantitative estimate of drug-likeness (QED) is 0.611. The van der Waals surface area contributed by atoms with Crippen LogP contribution < -0.4 is 16.0 Å². The van der Waals surface area contributed by atoms with Crippen LogP contribution in [-0.2, 0) is 15.1 Å². The molecule has 1 aliphatic heterocycles. The molecule has 6 amide bonds. The van der Waals surface area contributed by atoms with Crippen LogP contribution >= 0.6 is 15.9 Å². The van der Waals surface area contributed by atoms with Gasteiger partial charge in [-0.25, -0.2) is 9.59 Å². The Labute approximate surface area is 171 Å². The normalized spacial score (nSPS) is 22.7. The van der Waals surface area contributed by atoms with Crippen molar-refractivity contribution in [1.82, 2.24) is 20.9 Å². The van der Waals surface area contributed by atoms with Crippen molar-refractivity contribution < 1.29 is 19.2 Å². The predicted molar refractivity (Wildman–Crippen MR) is 105 cm³/mol. The summed E-state index contributed by atoms with van der Waals surface area (Å²) in [6, 6.07) is 5.81. The van der Waals surface area contributed by atoms with Gasteiger partial charge in [-0.2, -0.15) is 0 Å². The molecule has 150 valence electrons. The molecule has 1 aliphatic carbocycles. The highest BCUT2D eigenvalue weighted by Crippen LogP contribution is 2.30. The third-order valence-corrected chi connectivity index (χ3v) is 5.67. The van der Waals surface area contributed by atoms with E-state index in [1.54, 1.807) is 25.1 Å². The Balaban J connectivity index is 1.60. The lowest BCUT2D eigenvalue weighted by Crippen LogP contribution is -2.49. The molecule has 0 bridgehead atoms. The van der Waals surface area contributed by atoms with Crippen LogP contribution in [0.25, 0.3) is 0 Å². The number of benzene rings is 1. The van der Waals surface area contributed by atoms with Crippen LogP contribution in [0.3, 0.4) is 0 Å². The van der Waals surface area contributed by atoms with E-state index in [2.05, 4.69) is 31.9 Å². The summed E-state index contributed by atoms with van der Waals surface area (Å²) in [5.41, 5.74) is -0.677. The van der Waals surface area contributed by atoms with Gasteiger partial charge in [-0.3, -0.25) is 19.8 Å². The highest BCUT2D eigenvalue weighted by atomic mass is 79.9. The second-order valence-corrected chi connectivity index (χ2v) is 8.23. The number of carbonyl (C=O) groups is 4. The summed E-state index contributed by atoms with van der Waals surface area (Å²) in [6.07, 6.45) is 5.03. The molecule has 1 heterocycles. The van der Waals surface area contributed by atoms with Gasteiger partial charge in [0.2, 0.25) is 5.91 Å². The molecular weight excluding hydrogens is 428 g/mol. The van der Waals surface area contributed by atoms with Crippen LogP contribution in [0.5, 0.6) is 0 Å². The highest BCUT2D eigenvalue weighted by molar-refractivity contribution is 9.10. The lowest BCUT2D eigenvalue weighted by molar-refractivity contribution is -0.134. The molecule has 28 heavy (non-hydrogen) atoms. The standard InChI is InChI=1S/C19H23BrN4O4/c1-19(12-6-5-7-13(20)10-12)16(26)24(18(28)23-19)11-15(25)22-17(27)21-14-8-3-2-4-9-14/h5-7,10,14H,2-4,8-9,11H2,1H3,(H,23,28)(H2,21,22,25,27). The van der Waals surface area contributed by atoms with E-state index in [0.717, 1.165) is 41.5 Å². The number of imide groups is 2. The molecular formula is C19H23BrN4O4. The number of halogens is 1. The monoisotopic (exact) mass is 450 g/mol. The number of hydrogen-bond acceptors (Lipinski definition) is 4. The molecule has 1 saturated carbocycles. The first-order chi connectivity index (χ1) is 13.3.